The van der Waals surface area contributed by atoms with E-state index in [1.807, 2.05) is 0 Å². The number of hydrogen-bond acceptors (Lipinski definition) is 3. The van der Waals surface area contributed by atoms with Crippen LogP contribution in [0.5, 0.6) is 0 Å². The van der Waals surface area contributed by atoms with E-state index in [0.717, 1.165) is 31.2 Å². The van der Waals surface area contributed by atoms with Gasteiger partial charge in [-0.2, -0.15) is 0 Å². The monoisotopic (exact) mass is 395 g/mol. The predicted octanol–water partition coefficient (Wildman–Crippen LogP) is 4.15. The van der Waals surface area contributed by atoms with Crippen molar-refractivity contribution in [2.24, 2.45) is 0 Å². The lowest BCUT2D eigenvalue weighted by atomic mass is 10.1. The van der Waals surface area contributed by atoms with Crippen LogP contribution in [0.3, 0.4) is 0 Å². The molecule has 152 valence electrons. The second-order valence-electron chi connectivity index (χ2n) is 7.97. The molecule has 1 atom stereocenters. The van der Waals surface area contributed by atoms with Gasteiger partial charge in [0.1, 0.15) is 5.82 Å². The highest BCUT2D eigenvalue weighted by atomic mass is 19.1. The van der Waals surface area contributed by atoms with E-state index in [-0.39, 0.29) is 30.1 Å². The number of nitrogens with one attached hydrogen (secondary N) is 1. The average molecular weight is 395 g/mol. The lowest BCUT2D eigenvalue weighted by Crippen LogP contribution is -2.37. The summed E-state index contributed by atoms with van der Waals surface area (Å²) in [4.78, 5) is 31.9. The van der Waals surface area contributed by atoms with E-state index < -0.39 is 6.04 Å². The van der Waals surface area contributed by atoms with Gasteiger partial charge in [-0.05, 0) is 42.7 Å². The number of carbonyl (C=O) groups is 2. The third kappa shape index (κ3) is 4.47. The number of halogens is 1. The summed E-state index contributed by atoms with van der Waals surface area (Å²) in [7, 11) is 0. The molecule has 0 radical (unpaired) electrons. The van der Waals surface area contributed by atoms with Crippen LogP contribution in [0.25, 0.3) is 0 Å². The van der Waals surface area contributed by atoms with Crippen molar-refractivity contribution in [3.63, 3.8) is 0 Å². The van der Waals surface area contributed by atoms with Crippen molar-refractivity contribution >= 4 is 11.8 Å². The number of fused-ring (bicyclic) bond motifs is 1. The molecule has 2 heterocycles. The van der Waals surface area contributed by atoms with Crippen LogP contribution >= 0.6 is 0 Å². The van der Waals surface area contributed by atoms with Crippen molar-refractivity contribution in [3.05, 3.63) is 65.2 Å². The average Bonchev–Trinajstić information content (AvgIpc) is 2.89. The first-order valence-electron chi connectivity index (χ1n) is 10.4. The van der Waals surface area contributed by atoms with Gasteiger partial charge >= 0.3 is 0 Å². The summed E-state index contributed by atoms with van der Waals surface area (Å²) in [5.74, 6) is -0.493. The van der Waals surface area contributed by atoms with Crippen molar-refractivity contribution in [1.29, 1.82) is 0 Å². The highest BCUT2D eigenvalue weighted by molar-refractivity contribution is 5.99. The maximum atomic E-state index is 13.2. The molecule has 2 aromatic rings. The molecular weight excluding hydrogens is 369 g/mol. The minimum atomic E-state index is -0.408. The van der Waals surface area contributed by atoms with E-state index in [4.69, 9.17) is 0 Å². The fourth-order valence-electron chi connectivity index (χ4n) is 4.37. The highest BCUT2D eigenvalue weighted by Gasteiger charge is 2.39. The Morgan fingerprint density at radius 2 is 1.83 bits per heavy atom. The fraction of sp³-hybridized carbons (Fsp3) is 0.435. The number of amides is 2. The Morgan fingerprint density at radius 1 is 1.10 bits per heavy atom. The Balaban J connectivity index is 1.51. The van der Waals surface area contributed by atoms with Gasteiger partial charge in [0.25, 0.3) is 5.91 Å². The van der Waals surface area contributed by atoms with Gasteiger partial charge in [-0.1, -0.05) is 37.8 Å². The van der Waals surface area contributed by atoms with Crippen LogP contribution in [0.15, 0.2) is 42.6 Å². The van der Waals surface area contributed by atoms with Crippen molar-refractivity contribution in [3.8, 4) is 0 Å². The number of pyridine rings is 1. The minimum Gasteiger partial charge on any atom is -0.353 e. The van der Waals surface area contributed by atoms with Crippen LogP contribution in [-0.4, -0.2) is 27.7 Å². The molecule has 0 bridgehead atoms. The molecule has 29 heavy (non-hydrogen) atoms. The van der Waals surface area contributed by atoms with Crippen LogP contribution in [-0.2, 0) is 11.3 Å². The van der Waals surface area contributed by atoms with Crippen LogP contribution in [0.2, 0.25) is 0 Å². The Morgan fingerprint density at radius 3 is 2.55 bits per heavy atom. The summed E-state index contributed by atoms with van der Waals surface area (Å²) in [6, 6.07) is 9.41. The van der Waals surface area contributed by atoms with Gasteiger partial charge in [0.2, 0.25) is 5.91 Å². The molecule has 1 aliphatic carbocycles. The largest absolute Gasteiger partial charge is 0.353 e. The van der Waals surface area contributed by atoms with Gasteiger partial charge in [0.15, 0.2) is 0 Å². The van der Waals surface area contributed by atoms with E-state index in [1.165, 1.54) is 25.0 Å². The smallest absolute Gasteiger partial charge is 0.256 e. The van der Waals surface area contributed by atoms with E-state index in [0.29, 0.717) is 17.8 Å². The third-order valence-corrected chi connectivity index (χ3v) is 5.89. The van der Waals surface area contributed by atoms with Crippen LogP contribution in [0.4, 0.5) is 4.39 Å². The molecule has 2 amide bonds. The molecular formula is C23H26FN3O2. The molecule has 1 aromatic carbocycles. The standard InChI is InChI=1S/C23H26FN3O2/c24-17-11-9-16(10-12-17)15-27-20(22-19(23(27)29)8-5-13-25-22)14-21(28)26-18-6-3-1-2-4-7-18/h5,8-13,18,20H,1-4,6-7,14-15H2,(H,26,28). The summed E-state index contributed by atoms with van der Waals surface area (Å²) in [5, 5.41) is 3.17. The summed E-state index contributed by atoms with van der Waals surface area (Å²) in [5.41, 5.74) is 2.01. The van der Waals surface area contributed by atoms with E-state index in [1.54, 1.807) is 35.4 Å². The Bertz CT molecular complexity index is 876. The number of nitrogens with zero attached hydrogens (tertiary/aromatic N) is 2. The molecule has 0 spiro atoms. The molecule has 1 saturated carbocycles. The molecule has 1 unspecified atom stereocenters. The summed E-state index contributed by atoms with van der Waals surface area (Å²) in [6.45, 7) is 0.316. The number of aromatic nitrogens is 1. The zero-order chi connectivity index (χ0) is 20.2. The molecule has 1 aromatic heterocycles. The molecule has 1 aliphatic heterocycles. The summed E-state index contributed by atoms with van der Waals surface area (Å²) in [6.07, 6.45) is 8.63. The number of hydrogen-bond donors (Lipinski definition) is 1. The molecule has 5 nitrogen and oxygen atoms in total. The first-order chi connectivity index (χ1) is 14.1. The molecule has 1 N–H and O–H groups in total. The quantitative estimate of drug-likeness (QED) is 0.774. The second-order valence-corrected chi connectivity index (χ2v) is 7.97. The van der Waals surface area contributed by atoms with E-state index >= 15 is 0 Å². The fourth-order valence-corrected chi connectivity index (χ4v) is 4.37. The first kappa shape index (κ1) is 19.6. The van der Waals surface area contributed by atoms with Crippen molar-refractivity contribution in [2.45, 2.75) is 63.6 Å². The van der Waals surface area contributed by atoms with E-state index in [9.17, 15) is 14.0 Å². The Labute approximate surface area is 170 Å². The predicted molar refractivity (Wildman–Crippen MR) is 108 cm³/mol. The molecule has 1 fully saturated rings. The van der Waals surface area contributed by atoms with Crippen LogP contribution < -0.4 is 5.32 Å². The van der Waals surface area contributed by atoms with Crippen molar-refractivity contribution in [2.75, 3.05) is 0 Å². The zero-order valence-electron chi connectivity index (χ0n) is 16.4. The van der Waals surface area contributed by atoms with Gasteiger partial charge in [-0.3, -0.25) is 14.6 Å². The number of carbonyl (C=O) groups excluding carboxylic acids is 2. The molecule has 0 saturated heterocycles. The van der Waals surface area contributed by atoms with Gasteiger partial charge < -0.3 is 10.2 Å². The highest BCUT2D eigenvalue weighted by Crippen LogP contribution is 2.35. The second kappa shape index (κ2) is 8.72. The zero-order valence-corrected chi connectivity index (χ0v) is 16.4. The van der Waals surface area contributed by atoms with Crippen molar-refractivity contribution < 1.29 is 14.0 Å². The SMILES string of the molecule is O=C(CC1c2ncccc2C(=O)N1Cc1ccc(F)cc1)NC1CCCCCC1. The topological polar surface area (TPSA) is 62.3 Å². The van der Waals surface area contributed by atoms with Gasteiger partial charge in [0, 0.05) is 18.8 Å². The van der Waals surface area contributed by atoms with Gasteiger partial charge in [-0.15, -0.1) is 0 Å². The Hall–Kier alpha value is -2.76. The van der Waals surface area contributed by atoms with Crippen LogP contribution in [0, 0.1) is 5.82 Å². The first-order valence-corrected chi connectivity index (χ1v) is 10.4. The summed E-state index contributed by atoms with van der Waals surface area (Å²) >= 11 is 0. The third-order valence-electron chi connectivity index (χ3n) is 5.89. The van der Waals surface area contributed by atoms with Gasteiger partial charge in [0.05, 0.1) is 23.7 Å². The number of rotatable bonds is 5. The lowest BCUT2D eigenvalue weighted by molar-refractivity contribution is -0.123. The molecule has 6 heteroatoms. The maximum Gasteiger partial charge on any atom is 0.256 e. The normalized spacial score (nSPS) is 19.7. The number of benzene rings is 1. The van der Waals surface area contributed by atoms with E-state index in [2.05, 4.69) is 10.3 Å². The lowest BCUT2D eigenvalue weighted by Gasteiger charge is -2.25. The molecule has 4 rings (SSSR count). The van der Waals surface area contributed by atoms with Gasteiger partial charge in [-0.25, -0.2) is 4.39 Å². The molecule has 2 aliphatic rings. The van der Waals surface area contributed by atoms with Crippen LogP contribution in [0.1, 0.15) is 72.6 Å². The maximum absolute atomic E-state index is 13.2. The Kier molecular flexibility index (Phi) is 5.88. The minimum absolute atomic E-state index is 0.0442. The summed E-state index contributed by atoms with van der Waals surface area (Å²) < 4.78 is 13.2. The van der Waals surface area contributed by atoms with Crippen molar-refractivity contribution in [1.82, 2.24) is 15.2 Å².